The third kappa shape index (κ3) is 4.07. The summed E-state index contributed by atoms with van der Waals surface area (Å²) in [6.45, 7) is 0. The summed E-state index contributed by atoms with van der Waals surface area (Å²) >= 11 is 12.6. The number of anilines is 1. The van der Waals surface area contributed by atoms with E-state index in [2.05, 4.69) is 9.71 Å². The number of hydrogen-bond acceptors (Lipinski definition) is 5. The van der Waals surface area contributed by atoms with Gasteiger partial charge < -0.3 is 5.11 Å². The third-order valence-corrected chi connectivity index (χ3v) is 5.05. The molecule has 6 nitrogen and oxygen atoms in total. The molecule has 2 aromatic rings. The molecule has 0 aliphatic carbocycles. The predicted octanol–water partition coefficient (Wildman–Crippen LogP) is 3.09. The Morgan fingerprint density at radius 1 is 1.38 bits per heavy atom. The van der Waals surface area contributed by atoms with Gasteiger partial charge in [-0.3, -0.25) is 4.72 Å². The second kappa shape index (κ2) is 6.18. The van der Waals surface area contributed by atoms with Gasteiger partial charge in [-0.2, -0.15) is 0 Å². The maximum absolute atomic E-state index is 12.1. The van der Waals surface area contributed by atoms with Gasteiger partial charge in [0.05, 0.1) is 11.3 Å². The molecule has 0 atom stereocenters. The molecule has 112 valence electrons. The van der Waals surface area contributed by atoms with Gasteiger partial charge in [-0.25, -0.2) is 18.2 Å². The van der Waals surface area contributed by atoms with Gasteiger partial charge in [-0.05, 0) is 23.8 Å². The van der Waals surface area contributed by atoms with Crippen LogP contribution in [-0.4, -0.2) is 24.5 Å². The molecule has 0 fully saturated rings. The van der Waals surface area contributed by atoms with E-state index < -0.39 is 21.7 Å². The van der Waals surface area contributed by atoms with E-state index in [0.29, 0.717) is 10.6 Å². The molecule has 0 spiro atoms. The van der Waals surface area contributed by atoms with Crippen LogP contribution in [0, 0.1) is 0 Å². The van der Waals surface area contributed by atoms with Crippen LogP contribution in [0.2, 0.25) is 10.0 Å². The van der Waals surface area contributed by atoms with Crippen molar-refractivity contribution in [2.24, 2.45) is 0 Å². The molecule has 0 saturated carbocycles. The van der Waals surface area contributed by atoms with Crippen molar-refractivity contribution < 1.29 is 18.3 Å². The van der Waals surface area contributed by atoms with E-state index in [1.54, 1.807) is 6.07 Å². The van der Waals surface area contributed by atoms with E-state index in [0.717, 1.165) is 11.3 Å². The number of sulfonamides is 1. The van der Waals surface area contributed by atoms with Crippen LogP contribution in [0.25, 0.3) is 0 Å². The average Bonchev–Trinajstić information content (AvgIpc) is 2.80. The fraction of sp³-hybridized carbons (Fsp3) is 0.0909. The first-order valence-corrected chi connectivity index (χ1v) is 8.68. The standard InChI is InChI=1S/C11H8Cl2N2O4S2/c12-7-1-2-8(13)6(3-7)4-21(18,19)15-10-9(11(16)17)14-5-20-10/h1-3,5,15H,4H2,(H,16,17). The van der Waals surface area contributed by atoms with Crippen LogP contribution >= 0.6 is 34.5 Å². The van der Waals surface area contributed by atoms with Gasteiger partial charge >= 0.3 is 5.97 Å². The molecule has 2 N–H and O–H groups in total. The maximum atomic E-state index is 12.1. The first-order valence-electron chi connectivity index (χ1n) is 5.40. The molecule has 21 heavy (non-hydrogen) atoms. The number of benzene rings is 1. The van der Waals surface area contributed by atoms with Crippen LogP contribution in [0.15, 0.2) is 23.7 Å². The number of nitrogens with one attached hydrogen (secondary N) is 1. The molecule has 1 aromatic heterocycles. The third-order valence-electron chi connectivity index (χ3n) is 2.37. The van der Waals surface area contributed by atoms with Crippen molar-refractivity contribution in [3.05, 3.63) is 45.0 Å². The number of carbonyl (C=O) groups is 1. The Morgan fingerprint density at radius 3 is 2.76 bits per heavy atom. The molecular formula is C11H8Cl2N2O4S2. The monoisotopic (exact) mass is 366 g/mol. The van der Waals surface area contributed by atoms with Crippen molar-refractivity contribution in [1.82, 2.24) is 4.98 Å². The highest BCUT2D eigenvalue weighted by molar-refractivity contribution is 7.92. The summed E-state index contributed by atoms with van der Waals surface area (Å²) in [5, 5.41) is 9.45. The van der Waals surface area contributed by atoms with Crippen molar-refractivity contribution in [2.75, 3.05) is 4.72 Å². The summed E-state index contributed by atoms with van der Waals surface area (Å²) in [5.41, 5.74) is 1.21. The van der Waals surface area contributed by atoms with Crippen molar-refractivity contribution in [1.29, 1.82) is 0 Å². The molecule has 0 saturated heterocycles. The Balaban J connectivity index is 2.25. The molecule has 1 aromatic carbocycles. The summed E-state index contributed by atoms with van der Waals surface area (Å²) < 4.78 is 26.3. The van der Waals surface area contributed by atoms with Crippen LogP contribution < -0.4 is 4.72 Å². The van der Waals surface area contributed by atoms with Crippen molar-refractivity contribution in [3.8, 4) is 0 Å². The van der Waals surface area contributed by atoms with E-state index in [1.807, 2.05) is 0 Å². The number of carboxylic acid groups (broad SMARTS) is 1. The highest BCUT2D eigenvalue weighted by Crippen LogP contribution is 2.26. The van der Waals surface area contributed by atoms with Gasteiger partial charge in [0.25, 0.3) is 0 Å². The fourth-order valence-corrected chi connectivity index (χ4v) is 4.15. The zero-order valence-corrected chi connectivity index (χ0v) is 13.4. The second-order valence-corrected chi connectivity index (χ2v) is 7.35. The quantitative estimate of drug-likeness (QED) is 0.847. The Hall–Kier alpha value is -1.35. The molecule has 1 heterocycles. The minimum Gasteiger partial charge on any atom is -0.476 e. The number of aromatic nitrogens is 1. The van der Waals surface area contributed by atoms with Crippen LogP contribution in [0.3, 0.4) is 0 Å². The fourth-order valence-electron chi connectivity index (χ4n) is 1.51. The zero-order valence-electron chi connectivity index (χ0n) is 10.2. The summed E-state index contributed by atoms with van der Waals surface area (Å²) in [4.78, 5) is 14.5. The van der Waals surface area contributed by atoms with Crippen LogP contribution in [0.1, 0.15) is 16.1 Å². The van der Waals surface area contributed by atoms with Crippen molar-refractivity contribution in [2.45, 2.75) is 5.75 Å². The number of rotatable bonds is 5. The van der Waals surface area contributed by atoms with Crippen molar-refractivity contribution >= 4 is 55.5 Å². The van der Waals surface area contributed by atoms with Gasteiger partial charge in [0, 0.05) is 10.0 Å². The lowest BCUT2D eigenvalue weighted by Gasteiger charge is -2.08. The highest BCUT2D eigenvalue weighted by Gasteiger charge is 2.20. The smallest absolute Gasteiger partial charge is 0.357 e. The molecule has 0 aliphatic heterocycles. The summed E-state index contributed by atoms with van der Waals surface area (Å²) in [7, 11) is -3.84. The zero-order chi connectivity index (χ0) is 15.6. The predicted molar refractivity (Wildman–Crippen MR) is 81.8 cm³/mol. The molecule has 0 aliphatic rings. The topological polar surface area (TPSA) is 96.4 Å². The minimum absolute atomic E-state index is 0.0550. The number of hydrogen-bond donors (Lipinski definition) is 2. The van der Waals surface area contributed by atoms with Gasteiger partial charge in [0.15, 0.2) is 5.69 Å². The Morgan fingerprint density at radius 2 is 2.10 bits per heavy atom. The Bertz CT molecular complexity index is 789. The first kappa shape index (κ1) is 16.0. The Labute approximate surface area is 134 Å². The largest absolute Gasteiger partial charge is 0.476 e. The highest BCUT2D eigenvalue weighted by atomic mass is 35.5. The van der Waals surface area contributed by atoms with Gasteiger partial charge in [0.1, 0.15) is 5.00 Å². The van der Waals surface area contributed by atoms with Crippen LogP contribution in [-0.2, 0) is 15.8 Å². The molecule has 0 bridgehead atoms. The van der Waals surface area contributed by atoms with Gasteiger partial charge in [0.2, 0.25) is 10.0 Å². The van der Waals surface area contributed by atoms with E-state index >= 15 is 0 Å². The number of nitrogens with zero attached hydrogens (tertiary/aromatic N) is 1. The molecule has 2 rings (SSSR count). The number of halogens is 2. The van der Waals surface area contributed by atoms with E-state index in [1.165, 1.54) is 17.6 Å². The molecule has 0 unspecified atom stereocenters. The lowest BCUT2D eigenvalue weighted by molar-refractivity contribution is 0.0692. The maximum Gasteiger partial charge on any atom is 0.357 e. The summed E-state index contributed by atoms with van der Waals surface area (Å²) in [5.74, 6) is -1.74. The number of carboxylic acids is 1. The first-order chi connectivity index (χ1) is 9.78. The summed E-state index contributed by atoms with van der Waals surface area (Å²) in [6, 6.07) is 4.47. The van der Waals surface area contributed by atoms with E-state index in [9.17, 15) is 13.2 Å². The molecule has 0 amide bonds. The molecule has 10 heteroatoms. The average molecular weight is 367 g/mol. The van der Waals surface area contributed by atoms with Gasteiger partial charge in [-0.15, -0.1) is 11.3 Å². The number of thiazole rings is 1. The SMILES string of the molecule is O=C(O)c1ncsc1NS(=O)(=O)Cc1cc(Cl)ccc1Cl. The summed E-state index contributed by atoms with van der Waals surface area (Å²) in [6.07, 6.45) is 0. The van der Waals surface area contributed by atoms with E-state index in [-0.39, 0.29) is 15.7 Å². The minimum atomic E-state index is -3.84. The normalized spacial score (nSPS) is 11.3. The van der Waals surface area contributed by atoms with Crippen LogP contribution in [0.4, 0.5) is 5.00 Å². The van der Waals surface area contributed by atoms with E-state index in [4.69, 9.17) is 28.3 Å². The lowest BCUT2D eigenvalue weighted by Crippen LogP contribution is -2.16. The second-order valence-electron chi connectivity index (χ2n) is 3.93. The van der Waals surface area contributed by atoms with Crippen LogP contribution in [0.5, 0.6) is 0 Å². The number of aromatic carboxylic acids is 1. The Kier molecular flexibility index (Phi) is 4.72. The molecule has 0 radical (unpaired) electrons. The molecular weight excluding hydrogens is 359 g/mol. The lowest BCUT2D eigenvalue weighted by atomic mass is 10.2. The van der Waals surface area contributed by atoms with Gasteiger partial charge in [-0.1, -0.05) is 23.2 Å². The van der Waals surface area contributed by atoms with Crippen molar-refractivity contribution in [3.63, 3.8) is 0 Å².